The first-order chi connectivity index (χ1) is 15.2. The number of carbonyl (C=O) groups excluding carboxylic acids is 4. The van der Waals surface area contributed by atoms with Gasteiger partial charge in [0.2, 0.25) is 5.60 Å². The van der Waals surface area contributed by atoms with Gasteiger partial charge in [0.05, 0.1) is 13.0 Å². The highest BCUT2D eigenvalue weighted by Gasteiger charge is 2.56. The lowest BCUT2D eigenvalue weighted by atomic mass is 9.76. The third kappa shape index (κ3) is 6.17. The van der Waals surface area contributed by atoms with Crippen molar-refractivity contribution < 1.29 is 33.4 Å². The van der Waals surface area contributed by atoms with Crippen LogP contribution in [0.3, 0.4) is 0 Å². The average molecular weight is 447 g/mol. The zero-order chi connectivity index (χ0) is 23.7. The highest BCUT2D eigenvalue weighted by Crippen LogP contribution is 2.46. The molecule has 0 aromatic carbocycles. The first-order valence-electron chi connectivity index (χ1n) is 11.3. The molecule has 0 aliphatic heterocycles. The summed E-state index contributed by atoms with van der Waals surface area (Å²) in [6.45, 7) is 4.73. The molecule has 1 unspecified atom stereocenters. The number of Topliss-reactive ketones (excluding diaryl/α,β-unsaturated/α-hetero) is 1. The first-order valence-corrected chi connectivity index (χ1v) is 11.3. The van der Waals surface area contributed by atoms with Gasteiger partial charge in [-0.05, 0) is 37.3 Å². The quantitative estimate of drug-likeness (QED) is 0.193. The van der Waals surface area contributed by atoms with Crippen LogP contribution in [0.4, 0.5) is 0 Å². The number of hydrogen-bond donors (Lipinski definition) is 0. The molecule has 0 radical (unpaired) electrons. The van der Waals surface area contributed by atoms with Crippen molar-refractivity contribution in [3.63, 3.8) is 0 Å². The van der Waals surface area contributed by atoms with Crippen molar-refractivity contribution in [2.24, 2.45) is 11.8 Å². The normalized spacial score (nSPS) is 24.9. The molecule has 2 rings (SSSR count). The van der Waals surface area contributed by atoms with Gasteiger partial charge in [0.15, 0.2) is 5.78 Å². The number of allylic oxidation sites excluding steroid dienone is 3. The summed E-state index contributed by atoms with van der Waals surface area (Å²) in [5.41, 5.74) is -0.702. The second-order valence-corrected chi connectivity index (χ2v) is 8.28. The molecule has 0 amide bonds. The highest BCUT2D eigenvalue weighted by molar-refractivity contribution is 6.02. The van der Waals surface area contributed by atoms with Gasteiger partial charge in [-0.1, -0.05) is 44.1 Å². The van der Waals surface area contributed by atoms with Crippen molar-refractivity contribution >= 4 is 23.7 Å². The molecule has 0 heterocycles. The van der Waals surface area contributed by atoms with E-state index in [1.165, 1.54) is 27.4 Å². The Morgan fingerprint density at radius 3 is 2.53 bits per heavy atom. The molecule has 0 saturated heterocycles. The lowest BCUT2D eigenvalue weighted by molar-refractivity contribution is -0.160. The Kier molecular flexibility index (Phi) is 9.42. The van der Waals surface area contributed by atoms with Crippen molar-refractivity contribution in [3.05, 3.63) is 36.0 Å². The molecule has 7 nitrogen and oxygen atoms in total. The van der Waals surface area contributed by atoms with Gasteiger partial charge < -0.3 is 14.2 Å². The second kappa shape index (κ2) is 11.8. The second-order valence-electron chi connectivity index (χ2n) is 8.28. The molecule has 0 N–H and O–H groups in total. The number of carbonyl (C=O) groups is 4. The molecule has 0 aromatic rings. The molecule has 0 spiro atoms. The number of esters is 3. The van der Waals surface area contributed by atoms with Crippen LogP contribution in [0.1, 0.15) is 65.7 Å². The fourth-order valence-corrected chi connectivity index (χ4v) is 4.36. The van der Waals surface area contributed by atoms with Crippen LogP contribution < -0.4 is 0 Å². The first kappa shape index (κ1) is 25.6. The Bertz CT molecular complexity index is 807. The standard InChI is InChI=1S/C25H34O7/c1-5-6-7-8-9-10-11-19-16-21-20(14-15-25(19,24(21)29)32-18(3)27)22(31-17(2)26)12-13-23(28)30-4/h9-10,14-16,20-22H,5-8,11-13H2,1-4H3/b10-9-/t20-,21+,22?,25+/m0/s1. The Hall–Kier alpha value is -2.70. The highest BCUT2D eigenvalue weighted by atomic mass is 16.6. The maximum absolute atomic E-state index is 13.4. The number of rotatable bonds is 12. The van der Waals surface area contributed by atoms with Crippen molar-refractivity contribution in [2.45, 2.75) is 77.4 Å². The van der Waals surface area contributed by atoms with Crippen LogP contribution in [0, 0.1) is 11.8 Å². The predicted molar refractivity (Wildman–Crippen MR) is 118 cm³/mol. The summed E-state index contributed by atoms with van der Waals surface area (Å²) in [4.78, 5) is 48.5. The minimum Gasteiger partial charge on any atom is -0.469 e. The summed E-state index contributed by atoms with van der Waals surface area (Å²) < 4.78 is 15.7. The number of unbranched alkanes of at least 4 members (excludes halogenated alkanes) is 3. The third-order valence-corrected chi connectivity index (χ3v) is 5.89. The largest absolute Gasteiger partial charge is 0.469 e. The van der Waals surface area contributed by atoms with E-state index < -0.39 is 41.4 Å². The molecule has 2 aliphatic rings. The summed E-state index contributed by atoms with van der Waals surface area (Å²) in [5, 5.41) is 0. The topological polar surface area (TPSA) is 96.0 Å². The van der Waals surface area contributed by atoms with Crippen LogP contribution in [0.2, 0.25) is 0 Å². The molecule has 7 heteroatoms. The maximum Gasteiger partial charge on any atom is 0.305 e. The van der Waals surface area contributed by atoms with E-state index >= 15 is 0 Å². The average Bonchev–Trinajstić information content (AvgIpc) is 2.89. The monoisotopic (exact) mass is 446 g/mol. The minimum absolute atomic E-state index is 0.0614. The van der Waals surface area contributed by atoms with Gasteiger partial charge in [-0.2, -0.15) is 0 Å². The van der Waals surface area contributed by atoms with E-state index in [-0.39, 0.29) is 18.6 Å². The lowest BCUT2D eigenvalue weighted by Gasteiger charge is -2.35. The van der Waals surface area contributed by atoms with E-state index in [9.17, 15) is 19.2 Å². The molecule has 0 fully saturated rings. The third-order valence-electron chi connectivity index (χ3n) is 5.89. The molecule has 0 saturated carbocycles. The molecule has 176 valence electrons. The molecular formula is C25H34O7. The Labute approximate surface area is 189 Å². The lowest BCUT2D eigenvalue weighted by Crippen LogP contribution is -2.47. The number of methoxy groups -OCH3 is 1. The zero-order valence-corrected chi connectivity index (χ0v) is 19.4. The Morgan fingerprint density at radius 1 is 1.16 bits per heavy atom. The number of hydrogen-bond acceptors (Lipinski definition) is 7. The van der Waals surface area contributed by atoms with E-state index in [0.29, 0.717) is 12.0 Å². The van der Waals surface area contributed by atoms with Gasteiger partial charge >= 0.3 is 17.9 Å². The van der Waals surface area contributed by atoms with Crippen molar-refractivity contribution in [1.82, 2.24) is 0 Å². The maximum atomic E-state index is 13.4. The number of ether oxygens (including phenoxy) is 3. The van der Waals surface area contributed by atoms with Crippen LogP contribution in [0.15, 0.2) is 36.0 Å². The van der Waals surface area contributed by atoms with Crippen molar-refractivity contribution in [2.75, 3.05) is 7.11 Å². The fourth-order valence-electron chi connectivity index (χ4n) is 4.36. The Morgan fingerprint density at radius 2 is 1.91 bits per heavy atom. The van der Waals surface area contributed by atoms with E-state index in [2.05, 4.69) is 13.0 Å². The number of fused-ring (bicyclic) bond motifs is 2. The van der Waals surface area contributed by atoms with Gasteiger partial charge in [-0.25, -0.2) is 0 Å². The van der Waals surface area contributed by atoms with Crippen molar-refractivity contribution in [3.8, 4) is 0 Å². The zero-order valence-electron chi connectivity index (χ0n) is 19.4. The van der Waals surface area contributed by atoms with Gasteiger partial charge in [0.25, 0.3) is 0 Å². The van der Waals surface area contributed by atoms with Crippen LogP contribution in [0.5, 0.6) is 0 Å². The SMILES string of the molecule is CCCCC/C=C\CC1=C[C@H]2C(=O)[C@@]1(OC(C)=O)C=C[C@@H]2C(CCC(=O)OC)OC(C)=O. The molecule has 2 aliphatic carbocycles. The summed E-state index contributed by atoms with van der Waals surface area (Å²) in [7, 11) is 1.29. The molecule has 32 heavy (non-hydrogen) atoms. The molecule has 0 aromatic heterocycles. The number of ketones is 1. The van der Waals surface area contributed by atoms with Gasteiger partial charge in [-0.3, -0.25) is 19.2 Å². The summed E-state index contributed by atoms with van der Waals surface area (Å²) in [5.74, 6) is -2.75. The van der Waals surface area contributed by atoms with Gasteiger partial charge in [-0.15, -0.1) is 0 Å². The Balaban J connectivity index is 2.27. The summed E-state index contributed by atoms with van der Waals surface area (Å²) in [6.07, 6.45) is 13.8. The minimum atomic E-state index is -1.41. The molecule has 2 bridgehead atoms. The van der Waals surface area contributed by atoms with Crippen LogP contribution in [-0.2, 0) is 33.4 Å². The van der Waals surface area contributed by atoms with E-state index in [1.807, 2.05) is 12.2 Å². The molecular weight excluding hydrogens is 412 g/mol. The summed E-state index contributed by atoms with van der Waals surface area (Å²) >= 11 is 0. The van der Waals surface area contributed by atoms with Crippen LogP contribution in [0.25, 0.3) is 0 Å². The van der Waals surface area contributed by atoms with Crippen molar-refractivity contribution in [1.29, 1.82) is 0 Å². The van der Waals surface area contributed by atoms with Gasteiger partial charge in [0, 0.05) is 26.2 Å². The van der Waals surface area contributed by atoms with E-state index in [4.69, 9.17) is 14.2 Å². The fraction of sp³-hybridized carbons (Fsp3) is 0.600. The summed E-state index contributed by atoms with van der Waals surface area (Å²) in [6, 6.07) is 0. The van der Waals surface area contributed by atoms with Crippen LogP contribution >= 0.6 is 0 Å². The van der Waals surface area contributed by atoms with E-state index in [1.54, 1.807) is 12.2 Å². The smallest absolute Gasteiger partial charge is 0.305 e. The van der Waals surface area contributed by atoms with Gasteiger partial charge in [0.1, 0.15) is 6.10 Å². The van der Waals surface area contributed by atoms with Crippen LogP contribution in [-0.4, -0.2) is 42.5 Å². The molecule has 4 atom stereocenters. The van der Waals surface area contributed by atoms with E-state index in [0.717, 1.165) is 19.3 Å². The predicted octanol–water partition coefficient (Wildman–Crippen LogP) is 4.01.